The van der Waals surface area contributed by atoms with E-state index in [9.17, 15) is 13.2 Å². The summed E-state index contributed by atoms with van der Waals surface area (Å²) >= 11 is 2.22. The van der Waals surface area contributed by atoms with Crippen LogP contribution in [0.15, 0.2) is 24.3 Å². The molecule has 1 aromatic carbocycles. The number of anilines is 1. The van der Waals surface area contributed by atoms with Gasteiger partial charge in [-0.05, 0) is 93.3 Å². The number of carbonyl (C=O) groups excluding carboxylic acids is 1. The Bertz CT molecular complexity index is 673. The van der Waals surface area contributed by atoms with Crippen LogP contribution in [0.3, 0.4) is 0 Å². The molecule has 1 aliphatic carbocycles. The van der Waals surface area contributed by atoms with Crippen molar-refractivity contribution in [1.29, 1.82) is 0 Å². The Morgan fingerprint density at radius 3 is 2.12 bits per heavy atom. The van der Waals surface area contributed by atoms with Gasteiger partial charge in [0.2, 0.25) is 15.9 Å². The van der Waals surface area contributed by atoms with Gasteiger partial charge in [0.05, 0.1) is 4.75 Å². The molecule has 0 bridgehead atoms. The summed E-state index contributed by atoms with van der Waals surface area (Å²) in [5.41, 5.74) is 0.802. The maximum atomic E-state index is 12.4. The van der Waals surface area contributed by atoms with E-state index in [4.69, 9.17) is 0 Å². The molecule has 1 aromatic rings. The van der Waals surface area contributed by atoms with Crippen LogP contribution in [0.5, 0.6) is 0 Å². The Morgan fingerprint density at radius 2 is 1.62 bits per heavy atom. The molecule has 0 spiro atoms. The zero-order valence-electron chi connectivity index (χ0n) is 14.3. The van der Waals surface area contributed by atoms with E-state index in [-0.39, 0.29) is 17.9 Å². The average Bonchev–Trinajstić information content (AvgIpc) is 2.49. The third-order valence-corrected chi connectivity index (χ3v) is 7.31. The van der Waals surface area contributed by atoms with Crippen LogP contribution in [0.4, 0.5) is 5.69 Å². The largest absolute Gasteiger partial charge is 0.326 e. The van der Waals surface area contributed by atoms with Gasteiger partial charge >= 0.3 is 0 Å². The fourth-order valence-electron chi connectivity index (χ4n) is 2.65. The van der Waals surface area contributed by atoms with Gasteiger partial charge in [-0.15, -0.1) is 0 Å². The second-order valence-electron chi connectivity index (χ2n) is 7.28. The van der Waals surface area contributed by atoms with Crippen molar-refractivity contribution in [2.75, 3.05) is 5.32 Å². The molecule has 5 nitrogen and oxygen atoms in total. The van der Waals surface area contributed by atoms with Crippen molar-refractivity contribution in [1.82, 2.24) is 4.72 Å². The summed E-state index contributed by atoms with van der Waals surface area (Å²) in [5.74, 6) is -0.0343. The Labute approximate surface area is 158 Å². The van der Waals surface area contributed by atoms with Crippen LogP contribution < -0.4 is 10.0 Å². The van der Waals surface area contributed by atoms with Crippen LogP contribution >= 0.6 is 22.6 Å². The summed E-state index contributed by atoms with van der Waals surface area (Å²) in [7, 11) is -3.34. The zero-order valence-corrected chi connectivity index (χ0v) is 17.3. The van der Waals surface area contributed by atoms with Gasteiger partial charge in [-0.1, -0.05) is 0 Å². The molecule has 0 unspecified atom stereocenters. The number of halogens is 1. The molecular formula is C17H25IN2O3S. The first-order valence-electron chi connectivity index (χ1n) is 8.17. The zero-order chi connectivity index (χ0) is 18.0. The molecule has 7 heteroatoms. The van der Waals surface area contributed by atoms with Crippen molar-refractivity contribution in [3.8, 4) is 0 Å². The van der Waals surface area contributed by atoms with Crippen molar-refractivity contribution >= 4 is 44.2 Å². The SMILES string of the molecule is CC(C)(C)S(=O)(=O)N[C@H]1CC[C@H](C(=O)Nc2ccc(I)cc2)CC1. The smallest absolute Gasteiger partial charge is 0.227 e. The minimum absolute atomic E-state index is 0.0216. The molecule has 0 aliphatic heterocycles. The van der Waals surface area contributed by atoms with Gasteiger partial charge in [-0.25, -0.2) is 13.1 Å². The molecule has 2 N–H and O–H groups in total. The number of rotatable bonds is 4. The first kappa shape index (κ1) is 19.7. The van der Waals surface area contributed by atoms with Crippen molar-refractivity contribution in [3.05, 3.63) is 27.8 Å². The molecule has 0 atom stereocenters. The molecule has 1 fully saturated rings. The minimum Gasteiger partial charge on any atom is -0.326 e. The van der Waals surface area contributed by atoms with E-state index in [2.05, 4.69) is 32.6 Å². The van der Waals surface area contributed by atoms with Crippen LogP contribution in [0.25, 0.3) is 0 Å². The fourth-order valence-corrected chi connectivity index (χ4v) is 4.03. The fraction of sp³-hybridized carbons (Fsp3) is 0.588. The second-order valence-corrected chi connectivity index (χ2v) is 11.0. The molecule has 0 heterocycles. The number of hydrogen-bond donors (Lipinski definition) is 2. The van der Waals surface area contributed by atoms with E-state index in [0.29, 0.717) is 25.7 Å². The van der Waals surface area contributed by atoms with E-state index in [1.807, 2.05) is 24.3 Å². The number of carbonyl (C=O) groups is 1. The molecule has 1 saturated carbocycles. The van der Waals surface area contributed by atoms with E-state index >= 15 is 0 Å². The summed E-state index contributed by atoms with van der Waals surface area (Å²) in [6.45, 7) is 5.07. The number of nitrogens with one attached hydrogen (secondary N) is 2. The van der Waals surface area contributed by atoms with Crippen LogP contribution in [-0.4, -0.2) is 25.1 Å². The lowest BCUT2D eigenvalue weighted by Gasteiger charge is -2.30. The molecule has 1 aliphatic rings. The highest BCUT2D eigenvalue weighted by molar-refractivity contribution is 14.1. The van der Waals surface area contributed by atoms with Gasteiger partial charge in [0.25, 0.3) is 0 Å². The lowest BCUT2D eigenvalue weighted by Crippen LogP contribution is -2.46. The minimum atomic E-state index is -3.34. The Morgan fingerprint density at radius 1 is 1.08 bits per heavy atom. The predicted octanol–water partition coefficient (Wildman–Crippen LogP) is 3.51. The van der Waals surface area contributed by atoms with Gasteiger partial charge in [0, 0.05) is 21.2 Å². The highest BCUT2D eigenvalue weighted by atomic mass is 127. The second kappa shape index (κ2) is 7.70. The topological polar surface area (TPSA) is 75.3 Å². The van der Waals surface area contributed by atoms with Gasteiger partial charge in [-0.2, -0.15) is 0 Å². The van der Waals surface area contributed by atoms with Crippen LogP contribution in [-0.2, 0) is 14.8 Å². The van der Waals surface area contributed by atoms with E-state index in [0.717, 1.165) is 9.26 Å². The first-order valence-corrected chi connectivity index (χ1v) is 10.7. The Kier molecular flexibility index (Phi) is 6.30. The summed E-state index contributed by atoms with van der Waals surface area (Å²) in [6.07, 6.45) is 2.79. The number of benzene rings is 1. The number of hydrogen-bond acceptors (Lipinski definition) is 3. The van der Waals surface area contributed by atoms with Crippen LogP contribution in [0.2, 0.25) is 0 Å². The third-order valence-electron chi connectivity index (χ3n) is 4.34. The molecule has 0 radical (unpaired) electrons. The quantitative estimate of drug-likeness (QED) is 0.670. The lowest BCUT2D eigenvalue weighted by molar-refractivity contribution is -0.120. The van der Waals surface area contributed by atoms with Crippen molar-refractivity contribution in [2.24, 2.45) is 5.92 Å². The molecule has 2 rings (SSSR count). The van der Waals surface area contributed by atoms with Gasteiger partial charge < -0.3 is 5.32 Å². The molecule has 24 heavy (non-hydrogen) atoms. The van der Waals surface area contributed by atoms with Crippen LogP contribution in [0.1, 0.15) is 46.5 Å². The molecular weight excluding hydrogens is 439 g/mol. The molecule has 1 amide bonds. The van der Waals surface area contributed by atoms with Crippen molar-refractivity contribution in [2.45, 2.75) is 57.2 Å². The molecule has 0 aromatic heterocycles. The normalized spacial score (nSPS) is 22.2. The summed E-state index contributed by atoms with van der Waals surface area (Å²) in [5, 5.41) is 2.95. The van der Waals surface area contributed by atoms with E-state index < -0.39 is 14.8 Å². The summed E-state index contributed by atoms with van der Waals surface area (Å²) < 4.78 is 27.5. The number of sulfonamides is 1. The van der Waals surface area contributed by atoms with Crippen molar-refractivity contribution < 1.29 is 13.2 Å². The predicted molar refractivity (Wildman–Crippen MR) is 105 cm³/mol. The van der Waals surface area contributed by atoms with Crippen LogP contribution in [0, 0.1) is 9.49 Å². The first-order chi connectivity index (χ1) is 11.1. The van der Waals surface area contributed by atoms with E-state index in [1.54, 1.807) is 20.8 Å². The summed E-state index contributed by atoms with van der Waals surface area (Å²) in [6, 6.07) is 7.62. The Hall–Kier alpha value is -0.670. The standard InChI is InChI=1S/C17H25IN2O3S/c1-17(2,3)24(22,23)20-15-8-4-12(5-9-15)16(21)19-14-10-6-13(18)7-11-14/h6-7,10-12,15,20H,4-5,8-9H2,1-3H3,(H,19,21)/t12-,15-. The van der Waals surface area contributed by atoms with Gasteiger partial charge in [0.1, 0.15) is 0 Å². The summed E-state index contributed by atoms with van der Waals surface area (Å²) in [4.78, 5) is 12.4. The van der Waals surface area contributed by atoms with Crippen molar-refractivity contribution in [3.63, 3.8) is 0 Å². The average molecular weight is 464 g/mol. The molecule has 134 valence electrons. The maximum Gasteiger partial charge on any atom is 0.227 e. The third kappa shape index (κ3) is 5.16. The Balaban J connectivity index is 1.86. The highest BCUT2D eigenvalue weighted by Crippen LogP contribution is 2.27. The van der Waals surface area contributed by atoms with Gasteiger partial charge in [-0.3, -0.25) is 4.79 Å². The molecule has 0 saturated heterocycles. The highest BCUT2D eigenvalue weighted by Gasteiger charge is 2.34. The van der Waals surface area contributed by atoms with E-state index in [1.165, 1.54) is 0 Å². The number of amides is 1. The monoisotopic (exact) mass is 464 g/mol. The van der Waals surface area contributed by atoms with Gasteiger partial charge in [0.15, 0.2) is 0 Å². The maximum absolute atomic E-state index is 12.4. The lowest BCUT2D eigenvalue weighted by atomic mass is 9.86.